The fourth-order valence-electron chi connectivity index (χ4n) is 6.65. The number of hydrogen-bond donors (Lipinski definition) is 5. The maximum atomic E-state index is 14.1. The highest BCUT2D eigenvalue weighted by molar-refractivity contribution is 6.24. The summed E-state index contributed by atoms with van der Waals surface area (Å²) < 4.78 is 0. The van der Waals surface area contributed by atoms with Gasteiger partial charge in [-0.05, 0) is 69.1 Å². The molecule has 0 aromatic heterocycles. The van der Waals surface area contributed by atoms with Gasteiger partial charge < -0.3 is 31.1 Å². The molecule has 218 valence electrons. The number of aromatic hydroxyl groups is 1. The second-order valence-electron chi connectivity index (χ2n) is 11.6. The lowest BCUT2D eigenvalue weighted by molar-refractivity contribution is -0.153. The number of nitrogens with two attached hydrogens (primary N) is 1. The van der Waals surface area contributed by atoms with Gasteiger partial charge in [-0.15, -0.1) is 0 Å². The number of aryl methyl sites for hydroxylation is 1. The summed E-state index contributed by atoms with van der Waals surface area (Å²) in [4.78, 5) is 42.8. The lowest BCUT2D eigenvalue weighted by Crippen LogP contribution is -2.65. The lowest BCUT2D eigenvalue weighted by Gasteiger charge is -2.50. The Morgan fingerprint density at radius 2 is 1.76 bits per heavy atom. The lowest BCUT2D eigenvalue weighted by atomic mass is 9.57. The number of hydrogen-bond acceptors (Lipinski definition) is 9. The number of likely N-dealkylation sites (N-methyl/N-ethyl adjacent to an activating group) is 1. The molecule has 0 radical (unpaired) electrons. The number of aliphatic hydroxyl groups is 3. The molecule has 3 aliphatic carbocycles. The Hall–Kier alpha value is -4.59. The maximum absolute atomic E-state index is 14.1. The smallest absolute Gasteiger partial charge is 0.255 e. The average Bonchev–Trinajstić information content (AvgIpc) is 2.89. The van der Waals surface area contributed by atoms with Crippen LogP contribution in [0.2, 0.25) is 0 Å². The number of nitrogens with zero attached hydrogens (tertiary/aromatic N) is 2. The SMILES string of the molecule is Cc1cccc(C#Cc2cc(N(C)C)c3c(c2O)C(O)=C2C(=O)[C@]4(O)C(O)=C(C(N)=O)C(=O)[C@@H](N(C)C)[C@@H]4C[C@@H]2C3)c1. The third-order valence-electron chi connectivity index (χ3n) is 8.54. The van der Waals surface area contributed by atoms with Gasteiger partial charge in [0.25, 0.3) is 5.91 Å². The summed E-state index contributed by atoms with van der Waals surface area (Å²) >= 11 is 0. The van der Waals surface area contributed by atoms with Crippen molar-refractivity contribution in [1.29, 1.82) is 0 Å². The molecule has 1 fully saturated rings. The molecule has 0 bridgehead atoms. The molecule has 0 saturated heterocycles. The van der Waals surface area contributed by atoms with Crippen molar-refractivity contribution in [2.75, 3.05) is 33.1 Å². The predicted octanol–water partition coefficient (Wildman–Crippen LogP) is 1.74. The third-order valence-corrected chi connectivity index (χ3v) is 8.54. The Labute approximate surface area is 243 Å². The van der Waals surface area contributed by atoms with Gasteiger partial charge in [-0.1, -0.05) is 24.0 Å². The van der Waals surface area contributed by atoms with Gasteiger partial charge in [0.05, 0.1) is 17.2 Å². The van der Waals surface area contributed by atoms with Crippen LogP contribution in [0.4, 0.5) is 5.69 Å². The van der Waals surface area contributed by atoms with Crippen molar-refractivity contribution >= 4 is 28.9 Å². The number of carbonyl (C=O) groups is 3. The Morgan fingerprint density at radius 3 is 2.36 bits per heavy atom. The average molecular weight is 572 g/mol. The first-order chi connectivity index (χ1) is 19.7. The molecule has 1 amide bonds. The number of aliphatic hydroxyl groups excluding tert-OH is 2. The summed E-state index contributed by atoms with van der Waals surface area (Å²) in [5.41, 5.74) is 4.86. The monoisotopic (exact) mass is 571 g/mol. The molecule has 10 heteroatoms. The Morgan fingerprint density at radius 1 is 1.07 bits per heavy atom. The zero-order valence-electron chi connectivity index (χ0n) is 24.0. The van der Waals surface area contributed by atoms with Crippen LogP contribution in [-0.4, -0.2) is 82.6 Å². The normalized spacial score (nSPS) is 25.0. The van der Waals surface area contributed by atoms with Crippen LogP contribution >= 0.6 is 0 Å². The van der Waals surface area contributed by atoms with Crippen molar-refractivity contribution in [3.63, 3.8) is 0 Å². The van der Waals surface area contributed by atoms with E-state index in [0.29, 0.717) is 11.3 Å². The molecule has 6 N–H and O–H groups in total. The first-order valence-electron chi connectivity index (χ1n) is 13.5. The van der Waals surface area contributed by atoms with Gasteiger partial charge in [-0.2, -0.15) is 0 Å². The molecule has 4 atom stereocenters. The number of rotatable bonds is 3. The van der Waals surface area contributed by atoms with E-state index in [-0.39, 0.29) is 35.3 Å². The zero-order chi connectivity index (χ0) is 30.8. The Kier molecular flexibility index (Phi) is 6.92. The van der Waals surface area contributed by atoms with E-state index in [1.54, 1.807) is 20.2 Å². The quantitative estimate of drug-likeness (QED) is 0.273. The molecule has 1 saturated carbocycles. The summed E-state index contributed by atoms with van der Waals surface area (Å²) in [5, 5.41) is 45.8. The van der Waals surface area contributed by atoms with Gasteiger partial charge in [0.15, 0.2) is 11.4 Å². The topological polar surface area (TPSA) is 165 Å². The zero-order valence-corrected chi connectivity index (χ0v) is 24.0. The number of fused-ring (bicyclic) bond motifs is 3. The fourth-order valence-corrected chi connectivity index (χ4v) is 6.65. The van der Waals surface area contributed by atoms with E-state index < -0.39 is 58.0 Å². The molecule has 3 aliphatic rings. The number of phenolic OH excluding ortho intramolecular Hbond substituents is 1. The van der Waals surface area contributed by atoms with E-state index in [4.69, 9.17) is 5.73 Å². The predicted molar refractivity (Wildman–Crippen MR) is 156 cm³/mol. The number of amides is 1. The van der Waals surface area contributed by atoms with E-state index in [2.05, 4.69) is 11.8 Å². The number of Topliss-reactive ketones (excluding diaryl/α,β-unsaturated/α-hetero) is 2. The van der Waals surface area contributed by atoms with Crippen LogP contribution in [0, 0.1) is 30.6 Å². The van der Waals surface area contributed by atoms with Crippen molar-refractivity contribution in [1.82, 2.24) is 4.90 Å². The van der Waals surface area contributed by atoms with Crippen LogP contribution in [0.15, 0.2) is 47.2 Å². The van der Waals surface area contributed by atoms with Crippen molar-refractivity contribution < 1.29 is 34.8 Å². The van der Waals surface area contributed by atoms with Crippen LogP contribution in [-0.2, 0) is 20.8 Å². The molecule has 10 nitrogen and oxygen atoms in total. The minimum absolute atomic E-state index is 0.00558. The van der Waals surface area contributed by atoms with Crippen molar-refractivity contribution in [2.45, 2.75) is 31.4 Å². The highest BCUT2D eigenvalue weighted by Crippen LogP contribution is 2.54. The summed E-state index contributed by atoms with van der Waals surface area (Å²) in [6, 6.07) is 8.12. The van der Waals surface area contributed by atoms with E-state index in [1.807, 2.05) is 50.2 Å². The van der Waals surface area contributed by atoms with Crippen LogP contribution in [0.1, 0.15) is 34.2 Å². The van der Waals surface area contributed by atoms with E-state index in [9.17, 15) is 34.8 Å². The largest absolute Gasteiger partial charge is 0.508 e. The molecule has 2 aromatic rings. The minimum atomic E-state index is -2.69. The van der Waals surface area contributed by atoms with Gasteiger partial charge >= 0.3 is 0 Å². The van der Waals surface area contributed by atoms with Crippen molar-refractivity contribution in [3.05, 3.63) is 75.1 Å². The summed E-state index contributed by atoms with van der Waals surface area (Å²) in [6.07, 6.45) is 0.218. The van der Waals surface area contributed by atoms with Crippen molar-refractivity contribution in [3.8, 4) is 17.6 Å². The Balaban J connectivity index is 1.73. The molecule has 0 heterocycles. The van der Waals surface area contributed by atoms with E-state index in [1.165, 1.54) is 4.90 Å². The van der Waals surface area contributed by atoms with Gasteiger partial charge in [0, 0.05) is 36.8 Å². The number of phenols is 1. The molecule has 0 aliphatic heterocycles. The first-order valence-corrected chi connectivity index (χ1v) is 13.5. The number of ketones is 2. The van der Waals surface area contributed by atoms with Crippen LogP contribution in [0.5, 0.6) is 5.75 Å². The molecule has 0 spiro atoms. The van der Waals surface area contributed by atoms with Gasteiger partial charge in [-0.25, -0.2) is 0 Å². The highest BCUT2D eigenvalue weighted by Gasteiger charge is 2.64. The number of benzene rings is 2. The molecule has 42 heavy (non-hydrogen) atoms. The number of anilines is 1. The van der Waals surface area contributed by atoms with Crippen LogP contribution in [0.25, 0.3) is 5.76 Å². The third kappa shape index (κ3) is 4.16. The van der Waals surface area contributed by atoms with Crippen LogP contribution in [0.3, 0.4) is 0 Å². The fraction of sp³-hybridized carbons (Fsp3) is 0.344. The summed E-state index contributed by atoms with van der Waals surface area (Å²) in [6.45, 7) is 1.94. The first kappa shape index (κ1) is 28.9. The molecule has 2 aromatic carbocycles. The van der Waals surface area contributed by atoms with E-state index in [0.717, 1.165) is 11.1 Å². The molecule has 5 rings (SSSR count). The van der Waals surface area contributed by atoms with Gasteiger partial charge in [0.2, 0.25) is 5.78 Å². The molecular formula is C32H33N3O7. The molecule has 0 unspecified atom stereocenters. The van der Waals surface area contributed by atoms with E-state index >= 15 is 0 Å². The highest BCUT2D eigenvalue weighted by atomic mass is 16.3. The number of primary amides is 1. The summed E-state index contributed by atoms with van der Waals surface area (Å²) in [5.74, 6) is -0.902. The van der Waals surface area contributed by atoms with Gasteiger partial charge in [-0.3, -0.25) is 19.3 Å². The van der Waals surface area contributed by atoms with Gasteiger partial charge in [0.1, 0.15) is 22.8 Å². The van der Waals surface area contributed by atoms with Crippen molar-refractivity contribution in [2.24, 2.45) is 17.6 Å². The standard InChI is InChI=1S/C32H33N3O7/c1-15-7-6-8-16(11-15)9-10-17-14-21(34(2)3)19-12-18-13-20-25(35(4)5)28(38)24(31(33)41)30(40)32(20,42)29(39)22(18)27(37)23(19)26(17)36/h6-8,11,14,18,20,25,36-37,40,42H,12-13H2,1-5H3,(H2,33,41)/t18-,20-,25-,32-/m0/s1. The second-order valence-corrected chi connectivity index (χ2v) is 11.6. The Bertz CT molecular complexity index is 1690. The maximum Gasteiger partial charge on any atom is 0.255 e. The minimum Gasteiger partial charge on any atom is -0.508 e. The number of carbonyl (C=O) groups excluding carboxylic acids is 3. The summed E-state index contributed by atoms with van der Waals surface area (Å²) in [7, 11) is 6.74. The van der Waals surface area contributed by atoms with Crippen LogP contribution < -0.4 is 10.6 Å². The second kappa shape index (κ2) is 10.0. The molecular weight excluding hydrogens is 538 g/mol.